The molecule has 0 bridgehead atoms. The predicted octanol–water partition coefficient (Wildman–Crippen LogP) is 2.59. The van der Waals surface area contributed by atoms with Crippen molar-refractivity contribution in [2.45, 2.75) is 18.1 Å². The Labute approximate surface area is 94.8 Å². The first-order chi connectivity index (χ1) is 6.98. The summed E-state index contributed by atoms with van der Waals surface area (Å²) in [6, 6.07) is 1.96. The third-order valence-electron chi connectivity index (χ3n) is 1.95. The highest BCUT2D eigenvalue weighted by Gasteiger charge is 2.18. The average molecular weight is 248 g/mol. The van der Waals surface area contributed by atoms with E-state index in [2.05, 4.69) is 5.10 Å². The summed E-state index contributed by atoms with van der Waals surface area (Å²) in [4.78, 5) is 0. The van der Waals surface area contributed by atoms with Crippen molar-refractivity contribution < 1.29 is 9.09 Å². The number of hydrogen-bond acceptors (Lipinski definition) is 4. The highest BCUT2D eigenvalue weighted by molar-refractivity contribution is 7.98. The minimum absolute atomic E-state index is 0.412. The van der Waals surface area contributed by atoms with Crippen LogP contribution in [0.4, 0.5) is 0 Å². The van der Waals surface area contributed by atoms with Crippen LogP contribution in [0.2, 0.25) is 0 Å². The number of rotatable bonds is 5. The summed E-state index contributed by atoms with van der Waals surface area (Å²) in [6.45, 7) is 3.99. The highest BCUT2D eigenvalue weighted by atomic mass is 32.2. The van der Waals surface area contributed by atoms with E-state index in [1.54, 1.807) is 23.1 Å². The Balaban J connectivity index is 2.76. The van der Waals surface area contributed by atoms with E-state index in [1.165, 1.54) is 0 Å². The SMILES string of the molecule is CCOP(C)(=O)Cc1cc(SC)n(C)n1. The molecule has 1 unspecified atom stereocenters. The fourth-order valence-electron chi connectivity index (χ4n) is 1.39. The van der Waals surface area contributed by atoms with Crippen LogP contribution < -0.4 is 0 Å². The van der Waals surface area contributed by atoms with Crippen LogP contribution in [0.25, 0.3) is 0 Å². The number of aryl methyl sites for hydroxylation is 1. The van der Waals surface area contributed by atoms with Crippen LogP contribution in [-0.2, 0) is 22.3 Å². The number of hydrogen-bond donors (Lipinski definition) is 0. The molecule has 1 aromatic rings. The first-order valence-electron chi connectivity index (χ1n) is 4.76. The Bertz CT molecular complexity index is 378. The monoisotopic (exact) mass is 248 g/mol. The molecule has 1 heterocycles. The molecular weight excluding hydrogens is 231 g/mol. The van der Waals surface area contributed by atoms with Crippen molar-refractivity contribution in [1.82, 2.24) is 9.78 Å². The summed E-state index contributed by atoms with van der Waals surface area (Å²) in [5.41, 5.74) is 0.834. The zero-order valence-corrected chi connectivity index (χ0v) is 11.3. The molecule has 0 aliphatic heterocycles. The van der Waals surface area contributed by atoms with Gasteiger partial charge in [0.05, 0.1) is 23.5 Å². The Morgan fingerprint density at radius 3 is 2.80 bits per heavy atom. The van der Waals surface area contributed by atoms with Gasteiger partial charge in [0, 0.05) is 13.7 Å². The van der Waals surface area contributed by atoms with E-state index in [-0.39, 0.29) is 0 Å². The molecule has 0 aliphatic carbocycles. The molecule has 0 N–H and O–H groups in total. The van der Waals surface area contributed by atoms with Crippen LogP contribution >= 0.6 is 19.1 Å². The first-order valence-corrected chi connectivity index (χ1v) is 8.24. The minimum Gasteiger partial charge on any atom is -0.329 e. The van der Waals surface area contributed by atoms with Crippen molar-refractivity contribution in [3.05, 3.63) is 11.8 Å². The van der Waals surface area contributed by atoms with Crippen molar-refractivity contribution in [2.75, 3.05) is 19.5 Å². The summed E-state index contributed by atoms with van der Waals surface area (Å²) in [5.74, 6) is 0. The van der Waals surface area contributed by atoms with E-state index in [0.717, 1.165) is 10.7 Å². The summed E-state index contributed by atoms with van der Waals surface area (Å²) in [5, 5.41) is 5.36. The molecule has 86 valence electrons. The van der Waals surface area contributed by atoms with Gasteiger partial charge in [0.25, 0.3) is 0 Å². The third-order valence-corrected chi connectivity index (χ3v) is 4.45. The lowest BCUT2D eigenvalue weighted by atomic mass is 10.5. The Morgan fingerprint density at radius 2 is 2.33 bits per heavy atom. The second-order valence-corrected chi connectivity index (χ2v) is 6.82. The van der Waals surface area contributed by atoms with E-state index >= 15 is 0 Å². The lowest BCUT2D eigenvalue weighted by molar-refractivity contribution is 0.336. The normalized spacial score (nSPS) is 15.2. The Morgan fingerprint density at radius 1 is 1.67 bits per heavy atom. The fourth-order valence-corrected chi connectivity index (χ4v) is 3.33. The largest absolute Gasteiger partial charge is 0.329 e. The summed E-state index contributed by atoms with van der Waals surface area (Å²) in [6.07, 6.45) is 2.41. The molecule has 6 heteroatoms. The molecule has 0 spiro atoms. The van der Waals surface area contributed by atoms with Gasteiger partial charge in [-0.15, -0.1) is 11.8 Å². The van der Waals surface area contributed by atoms with Gasteiger partial charge < -0.3 is 4.52 Å². The standard InChI is InChI=1S/C9H17N2O2PS/c1-5-13-14(3,12)7-8-6-9(15-4)11(2)10-8/h6H,5,7H2,1-4H3. The second kappa shape index (κ2) is 5.19. The molecule has 0 aliphatic rings. The van der Waals surface area contributed by atoms with Crippen LogP contribution in [0, 0.1) is 0 Å². The second-order valence-electron chi connectivity index (χ2n) is 3.39. The van der Waals surface area contributed by atoms with Crippen molar-refractivity contribution in [3.8, 4) is 0 Å². The molecule has 1 rings (SSSR count). The molecule has 0 saturated heterocycles. The topological polar surface area (TPSA) is 44.1 Å². The Hall–Kier alpha value is -0.250. The van der Waals surface area contributed by atoms with Gasteiger partial charge in [0.2, 0.25) is 7.37 Å². The molecule has 1 aromatic heterocycles. The zero-order chi connectivity index (χ0) is 11.5. The maximum absolute atomic E-state index is 11.9. The number of thioether (sulfide) groups is 1. The van der Waals surface area contributed by atoms with Gasteiger partial charge in [-0.1, -0.05) is 0 Å². The minimum atomic E-state index is -2.52. The lowest BCUT2D eigenvalue weighted by Gasteiger charge is -2.10. The first kappa shape index (κ1) is 12.8. The van der Waals surface area contributed by atoms with Crippen LogP contribution in [0.3, 0.4) is 0 Å². The van der Waals surface area contributed by atoms with Crippen molar-refractivity contribution in [3.63, 3.8) is 0 Å². The smallest absolute Gasteiger partial charge is 0.206 e. The predicted molar refractivity (Wildman–Crippen MR) is 63.8 cm³/mol. The highest BCUT2D eigenvalue weighted by Crippen LogP contribution is 2.45. The summed E-state index contributed by atoms with van der Waals surface area (Å²) in [7, 11) is -0.631. The van der Waals surface area contributed by atoms with Crippen molar-refractivity contribution in [1.29, 1.82) is 0 Å². The van der Waals surface area contributed by atoms with Crippen molar-refractivity contribution in [2.24, 2.45) is 7.05 Å². The number of nitrogens with zero attached hydrogens (tertiary/aromatic N) is 2. The van der Waals surface area contributed by atoms with E-state index in [0.29, 0.717) is 12.8 Å². The van der Waals surface area contributed by atoms with Crippen LogP contribution in [0.1, 0.15) is 12.6 Å². The number of aromatic nitrogens is 2. The molecule has 0 amide bonds. The van der Waals surface area contributed by atoms with E-state index in [9.17, 15) is 4.57 Å². The van der Waals surface area contributed by atoms with Gasteiger partial charge in [0.1, 0.15) is 0 Å². The van der Waals surface area contributed by atoms with Gasteiger partial charge in [0.15, 0.2) is 0 Å². The summed E-state index contributed by atoms with van der Waals surface area (Å²) < 4.78 is 18.9. The Kier molecular flexibility index (Phi) is 4.44. The molecule has 0 fully saturated rings. The van der Waals surface area contributed by atoms with Gasteiger partial charge in [-0.3, -0.25) is 9.25 Å². The van der Waals surface area contributed by atoms with Gasteiger partial charge in [-0.05, 0) is 19.2 Å². The maximum atomic E-state index is 11.9. The van der Waals surface area contributed by atoms with E-state index in [1.807, 2.05) is 26.3 Å². The van der Waals surface area contributed by atoms with Crippen molar-refractivity contribution >= 4 is 19.1 Å². The van der Waals surface area contributed by atoms with Gasteiger partial charge >= 0.3 is 0 Å². The lowest BCUT2D eigenvalue weighted by Crippen LogP contribution is -1.96. The average Bonchev–Trinajstić information content (AvgIpc) is 2.44. The quantitative estimate of drug-likeness (QED) is 0.593. The van der Waals surface area contributed by atoms with Gasteiger partial charge in [-0.2, -0.15) is 5.10 Å². The van der Waals surface area contributed by atoms with Crippen LogP contribution in [0.15, 0.2) is 11.1 Å². The van der Waals surface area contributed by atoms with Crippen LogP contribution in [0.5, 0.6) is 0 Å². The molecule has 15 heavy (non-hydrogen) atoms. The van der Waals surface area contributed by atoms with Gasteiger partial charge in [-0.25, -0.2) is 0 Å². The molecule has 4 nitrogen and oxygen atoms in total. The molecule has 0 saturated carbocycles. The van der Waals surface area contributed by atoms with E-state index in [4.69, 9.17) is 4.52 Å². The van der Waals surface area contributed by atoms with Crippen LogP contribution in [-0.4, -0.2) is 29.3 Å². The summed E-state index contributed by atoms with van der Waals surface area (Å²) >= 11 is 1.63. The molecule has 0 radical (unpaired) electrons. The molecule has 1 atom stereocenters. The molecular formula is C9H17N2O2PS. The zero-order valence-electron chi connectivity index (χ0n) is 9.56. The fraction of sp³-hybridized carbons (Fsp3) is 0.667. The van der Waals surface area contributed by atoms with E-state index < -0.39 is 7.37 Å². The maximum Gasteiger partial charge on any atom is 0.206 e. The third kappa shape index (κ3) is 3.67. The molecule has 0 aromatic carbocycles.